The predicted molar refractivity (Wildman–Crippen MR) is 53.3 cm³/mol. The van der Waals surface area contributed by atoms with E-state index in [-0.39, 0.29) is 0 Å². The van der Waals surface area contributed by atoms with Crippen molar-refractivity contribution in [2.75, 3.05) is 0 Å². The normalized spacial score (nSPS) is 48.3. The van der Waals surface area contributed by atoms with Crippen LogP contribution in [0.3, 0.4) is 0 Å². The van der Waals surface area contributed by atoms with Crippen molar-refractivity contribution in [2.45, 2.75) is 39.5 Å². The molecule has 0 N–H and O–H groups in total. The van der Waals surface area contributed by atoms with Crippen molar-refractivity contribution in [1.29, 1.82) is 0 Å². The number of aldehydes is 1. The zero-order valence-corrected chi connectivity index (χ0v) is 8.70. The van der Waals surface area contributed by atoms with E-state index in [0.717, 1.165) is 48.7 Å². The van der Waals surface area contributed by atoms with Gasteiger partial charge in [0.1, 0.15) is 6.29 Å². The van der Waals surface area contributed by atoms with Gasteiger partial charge in [-0.2, -0.15) is 0 Å². The van der Waals surface area contributed by atoms with Crippen LogP contribution >= 0.6 is 0 Å². The van der Waals surface area contributed by atoms with Crippen LogP contribution < -0.4 is 0 Å². The van der Waals surface area contributed by atoms with Gasteiger partial charge >= 0.3 is 0 Å². The van der Waals surface area contributed by atoms with Crippen molar-refractivity contribution in [1.82, 2.24) is 0 Å². The van der Waals surface area contributed by atoms with Crippen molar-refractivity contribution in [2.24, 2.45) is 29.6 Å². The molecule has 74 valence electrons. The highest BCUT2D eigenvalue weighted by Gasteiger charge is 2.48. The topological polar surface area (TPSA) is 17.1 Å². The second-order valence-corrected chi connectivity index (χ2v) is 5.14. The number of hydrogen-bond acceptors (Lipinski definition) is 1. The highest BCUT2D eigenvalue weighted by molar-refractivity contribution is 5.49. The summed E-state index contributed by atoms with van der Waals surface area (Å²) in [5.74, 6) is 4.63. The maximum absolute atomic E-state index is 10.3. The van der Waals surface area contributed by atoms with Crippen LogP contribution in [-0.4, -0.2) is 6.29 Å². The highest BCUT2D eigenvalue weighted by atomic mass is 16.1. The second-order valence-electron chi connectivity index (χ2n) is 5.14. The summed E-state index contributed by atoms with van der Waals surface area (Å²) in [4.78, 5) is 10.3. The minimum Gasteiger partial charge on any atom is -0.303 e. The lowest BCUT2D eigenvalue weighted by molar-refractivity contribution is -0.108. The summed E-state index contributed by atoms with van der Waals surface area (Å²) >= 11 is 0. The monoisotopic (exact) mass is 180 g/mol. The van der Waals surface area contributed by atoms with E-state index in [0.29, 0.717) is 0 Å². The summed E-state index contributed by atoms with van der Waals surface area (Å²) in [6, 6.07) is 0. The smallest absolute Gasteiger partial charge is 0.120 e. The minimum absolute atomic E-state index is 0.784. The predicted octanol–water partition coefficient (Wildman–Crippen LogP) is 2.89. The maximum atomic E-state index is 10.3. The first-order chi connectivity index (χ1) is 6.24. The lowest BCUT2D eigenvalue weighted by Crippen LogP contribution is -2.24. The summed E-state index contributed by atoms with van der Waals surface area (Å²) in [6.07, 6.45) is 5.90. The van der Waals surface area contributed by atoms with Gasteiger partial charge in [0.25, 0.3) is 0 Å². The van der Waals surface area contributed by atoms with Crippen LogP contribution in [0.4, 0.5) is 0 Å². The lowest BCUT2D eigenvalue weighted by Gasteiger charge is -2.31. The molecule has 0 aromatic carbocycles. The van der Waals surface area contributed by atoms with Gasteiger partial charge < -0.3 is 4.79 Å². The third-order valence-electron chi connectivity index (χ3n) is 4.55. The standard InChI is InChI=1S/C12H20O/c1-8-6-10-7-12(8)9(2)11(10)4-3-5-13/h5,8-12H,3-4,6-7H2,1-2H3. The number of rotatable bonds is 3. The van der Waals surface area contributed by atoms with Gasteiger partial charge in [0.05, 0.1) is 0 Å². The van der Waals surface area contributed by atoms with Gasteiger partial charge in [0.15, 0.2) is 0 Å². The molecular weight excluding hydrogens is 160 g/mol. The number of hydrogen-bond donors (Lipinski definition) is 0. The van der Waals surface area contributed by atoms with Crippen LogP contribution in [0.25, 0.3) is 0 Å². The SMILES string of the molecule is CC1CC2CC1C(C)C2CCC=O. The Hall–Kier alpha value is -0.330. The number of carbonyl (C=O) groups excluding carboxylic acids is 1. The third-order valence-corrected chi connectivity index (χ3v) is 4.55. The molecule has 5 unspecified atom stereocenters. The molecule has 2 aliphatic rings. The Kier molecular flexibility index (Phi) is 2.44. The maximum Gasteiger partial charge on any atom is 0.120 e. The summed E-state index contributed by atoms with van der Waals surface area (Å²) in [7, 11) is 0. The van der Waals surface area contributed by atoms with E-state index < -0.39 is 0 Å². The van der Waals surface area contributed by atoms with Crippen LogP contribution in [0.2, 0.25) is 0 Å². The van der Waals surface area contributed by atoms with Crippen molar-refractivity contribution in [3.63, 3.8) is 0 Å². The average Bonchev–Trinajstić information content (AvgIpc) is 2.59. The van der Waals surface area contributed by atoms with E-state index >= 15 is 0 Å². The fraction of sp³-hybridized carbons (Fsp3) is 0.917. The molecule has 0 radical (unpaired) electrons. The first kappa shape index (κ1) is 9.23. The zero-order chi connectivity index (χ0) is 9.42. The number of fused-ring (bicyclic) bond motifs is 2. The fourth-order valence-electron chi connectivity index (χ4n) is 3.92. The first-order valence-corrected chi connectivity index (χ1v) is 5.67. The van der Waals surface area contributed by atoms with Crippen LogP contribution in [0.5, 0.6) is 0 Å². The molecule has 1 heteroatoms. The van der Waals surface area contributed by atoms with Gasteiger partial charge in [-0.05, 0) is 48.9 Å². The molecule has 0 aromatic rings. The summed E-state index contributed by atoms with van der Waals surface area (Å²) in [5, 5.41) is 0. The van der Waals surface area contributed by atoms with Crippen LogP contribution in [0.1, 0.15) is 39.5 Å². The molecule has 5 atom stereocenters. The molecule has 1 nitrogen and oxygen atoms in total. The minimum atomic E-state index is 0.784. The molecule has 2 aliphatic carbocycles. The van der Waals surface area contributed by atoms with Gasteiger partial charge in [-0.1, -0.05) is 13.8 Å². The third kappa shape index (κ3) is 1.43. The van der Waals surface area contributed by atoms with Gasteiger partial charge in [-0.25, -0.2) is 0 Å². The van der Waals surface area contributed by atoms with Crippen molar-refractivity contribution < 1.29 is 4.79 Å². The van der Waals surface area contributed by atoms with Gasteiger partial charge in [-0.15, -0.1) is 0 Å². The molecule has 0 aromatic heterocycles. The van der Waals surface area contributed by atoms with E-state index in [4.69, 9.17) is 0 Å². The van der Waals surface area contributed by atoms with Crippen molar-refractivity contribution in [3.05, 3.63) is 0 Å². The molecule has 0 amide bonds. The largest absolute Gasteiger partial charge is 0.303 e. The molecule has 2 bridgehead atoms. The second kappa shape index (κ2) is 3.43. The van der Waals surface area contributed by atoms with Crippen molar-refractivity contribution >= 4 is 6.29 Å². The molecule has 0 heterocycles. The van der Waals surface area contributed by atoms with Gasteiger partial charge in [-0.3, -0.25) is 0 Å². The number of carbonyl (C=O) groups is 1. The Morgan fingerprint density at radius 2 is 2.08 bits per heavy atom. The fourth-order valence-corrected chi connectivity index (χ4v) is 3.92. The quantitative estimate of drug-likeness (QED) is 0.610. The molecular formula is C12H20O. The summed E-state index contributed by atoms with van der Waals surface area (Å²) in [6.45, 7) is 4.80. The average molecular weight is 180 g/mol. The molecule has 0 saturated heterocycles. The van der Waals surface area contributed by atoms with E-state index in [1.807, 2.05) is 0 Å². The van der Waals surface area contributed by atoms with Crippen LogP contribution in [0.15, 0.2) is 0 Å². The molecule has 2 fully saturated rings. The molecule has 2 saturated carbocycles. The Morgan fingerprint density at radius 3 is 2.62 bits per heavy atom. The van der Waals surface area contributed by atoms with Crippen LogP contribution in [-0.2, 0) is 4.79 Å². The molecule has 13 heavy (non-hydrogen) atoms. The molecule has 0 spiro atoms. The first-order valence-electron chi connectivity index (χ1n) is 5.67. The Balaban J connectivity index is 1.96. The van der Waals surface area contributed by atoms with E-state index in [2.05, 4.69) is 13.8 Å². The molecule has 2 rings (SSSR count). The summed E-state index contributed by atoms with van der Waals surface area (Å²) in [5.41, 5.74) is 0. The van der Waals surface area contributed by atoms with Crippen LogP contribution in [0, 0.1) is 29.6 Å². The molecule has 0 aliphatic heterocycles. The Bertz CT molecular complexity index is 197. The van der Waals surface area contributed by atoms with E-state index in [9.17, 15) is 4.79 Å². The Labute approximate surface area is 80.9 Å². The van der Waals surface area contributed by atoms with E-state index in [1.54, 1.807) is 0 Å². The van der Waals surface area contributed by atoms with E-state index in [1.165, 1.54) is 12.8 Å². The zero-order valence-electron chi connectivity index (χ0n) is 8.70. The van der Waals surface area contributed by atoms with Crippen molar-refractivity contribution in [3.8, 4) is 0 Å². The highest BCUT2D eigenvalue weighted by Crippen LogP contribution is 2.56. The van der Waals surface area contributed by atoms with Gasteiger partial charge in [0.2, 0.25) is 0 Å². The lowest BCUT2D eigenvalue weighted by atomic mass is 9.74. The Morgan fingerprint density at radius 1 is 1.31 bits per heavy atom. The summed E-state index contributed by atoms with van der Waals surface area (Å²) < 4.78 is 0. The van der Waals surface area contributed by atoms with Gasteiger partial charge in [0, 0.05) is 6.42 Å².